The third kappa shape index (κ3) is 2.72. The van der Waals surface area contributed by atoms with Crippen LogP contribution in [0.5, 0.6) is 5.75 Å². The van der Waals surface area contributed by atoms with E-state index >= 15 is 0 Å². The molecule has 2 N–H and O–H groups in total. The molecule has 0 radical (unpaired) electrons. The number of amides is 1. The van der Waals surface area contributed by atoms with E-state index in [2.05, 4.69) is 5.32 Å². The fourth-order valence-corrected chi connectivity index (χ4v) is 2.81. The highest BCUT2D eigenvalue weighted by Gasteiger charge is 2.22. The second kappa shape index (κ2) is 6.49. The average molecular weight is 333 g/mol. The van der Waals surface area contributed by atoms with Crippen LogP contribution in [0.2, 0.25) is 0 Å². The lowest BCUT2D eigenvalue weighted by atomic mass is 10.0. The van der Waals surface area contributed by atoms with Crippen molar-refractivity contribution in [2.75, 3.05) is 5.32 Å². The molecule has 0 saturated heterocycles. The number of benzene rings is 2. The lowest BCUT2D eigenvalue weighted by Gasteiger charge is -2.13. The van der Waals surface area contributed by atoms with E-state index in [0.717, 1.165) is 0 Å². The molecule has 0 aliphatic carbocycles. The quantitative estimate of drug-likeness (QED) is 0.721. The van der Waals surface area contributed by atoms with Crippen LogP contribution in [0.3, 0.4) is 0 Å². The number of nitrogens with zero attached hydrogens (tertiary/aromatic N) is 2. The minimum atomic E-state index is -0.726. The van der Waals surface area contributed by atoms with Gasteiger partial charge in [-0.2, -0.15) is 5.26 Å². The van der Waals surface area contributed by atoms with E-state index in [1.54, 1.807) is 43.3 Å². The van der Waals surface area contributed by atoms with E-state index < -0.39 is 11.5 Å². The number of aryl methyl sites for hydroxylation is 1. The Bertz CT molecular complexity index is 1080. The molecule has 0 atom stereocenters. The minimum Gasteiger partial charge on any atom is -0.506 e. The zero-order valence-corrected chi connectivity index (χ0v) is 13.5. The first-order valence-corrected chi connectivity index (χ1v) is 7.73. The third-order valence-electron chi connectivity index (χ3n) is 3.98. The number of phenols is 1. The van der Waals surface area contributed by atoms with Gasteiger partial charge in [0.15, 0.2) is 0 Å². The number of hydrogen-bond acceptors (Lipinski definition) is 4. The number of nitriles is 1. The molecule has 0 unspecified atom stereocenters. The highest BCUT2D eigenvalue weighted by atomic mass is 16.3. The molecule has 6 heteroatoms. The molecule has 25 heavy (non-hydrogen) atoms. The number of carbonyl (C=O) groups is 1. The molecule has 6 nitrogen and oxygen atoms in total. The van der Waals surface area contributed by atoms with Crippen molar-refractivity contribution < 1.29 is 9.90 Å². The van der Waals surface area contributed by atoms with Gasteiger partial charge in [-0.25, -0.2) is 0 Å². The number of carbonyl (C=O) groups excluding carboxylic acids is 1. The van der Waals surface area contributed by atoms with E-state index in [9.17, 15) is 20.0 Å². The minimum absolute atomic E-state index is 0.0261. The Morgan fingerprint density at radius 1 is 1.20 bits per heavy atom. The van der Waals surface area contributed by atoms with Crippen LogP contribution < -0.4 is 10.9 Å². The number of hydrogen-bond donors (Lipinski definition) is 2. The fourth-order valence-electron chi connectivity index (χ4n) is 2.81. The van der Waals surface area contributed by atoms with Crippen LogP contribution in [0, 0.1) is 11.3 Å². The maximum absolute atomic E-state index is 12.8. The monoisotopic (exact) mass is 333 g/mol. The van der Waals surface area contributed by atoms with Crippen molar-refractivity contribution in [3.05, 3.63) is 70.0 Å². The predicted molar refractivity (Wildman–Crippen MR) is 94.7 cm³/mol. The summed E-state index contributed by atoms with van der Waals surface area (Å²) in [5, 5.41) is 22.4. The average Bonchev–Trinajstić information content (AvgIpc) is 2.62. The number of nitrogens with one attached hydrogen (secondary N) is 1. The van der Waals surface area contributed by atoms with Gasteiger partial charge in [-0.15, -0.1) is 0 Å². The predicted octanol–water partition coefficient (Wildman–Crippen LogP) is 2.85. The van der Waals surface area contributed by atoms with Crippen molar-refractivity contribution in [1.29, 1.82) is 5.26 Å². The summed E-state index contributed by atoms with van der Waals surface area (Å²) in [4.78, 5) is 25.5. The molecule has 1 heterocycles. The number of phenolic OH excluding ortho intramolecular Hbond substituents is 1. The Hall–Kier alpha value is -3.59. The van der Waals surface area contributed by atoms with Crippen molar-refractivity contribution in [3.8, 4) is 11.8 Å². The first-order chi connectivity index (χ1) is 12.1. The van der Waals surface area contributed by atoms with Gasteiger partial charge in [0.2, 0.25) is 0 Å². The summed E-state index contributed by atoms with van der Waals surface area (Å²) in [6.07, 6.45) is 0. The fraction of sp³-hybridized carbons (Fsp3) is 0.105. The van der Waals surface area contributed by atoms with Crippen molar-refractivity contribution in [2.45, 2.75) is 13.5 Å². The molecule has 0 saturated carbocycles. The van der Waals surface area contributed by atoms with Crippen LogP contribution in [-0.4, -0.2) is 15.6 Å². The Morgan fingerprint density at radius 2 is 1.88 bits per heavy atom. The van der Waals surface area contributed by atoms with Crippen LogP contribution in [0.1, 0.15) is 22.8 Å². The zero-order valence-electron chi connectivity index (χ0n) is 13.5. The maximum atomic E-state index is 12.8. The first-order valence-electron chi connectivity index (χ1n) is 7.73. The largest absolute Gasteiger partial charge is 0.506 e. The van der Waals surface area contributed by atoms with E-state index in [-0.39, 0.29) is 22.6 Å². The van der Waals surface area contributed by atoms with Gasteiger partial charge in [-0.05, 0) is 25.1 Å². The number of anilines is 1. The lowest BCUT2D eigenvalue weighted by molar-refractivity contribution is 0.102. The number of aromatic hydroxyl groups is 1. The molecular weight excluding hydrogens is 318 g/mol. The lowest BCUT2D eigenvalue weighted by Crippen LogP contribution is -2.31. The van der Waals surface area contributed by atoms with Gasteiger partial charge in [0.1, 0.15) is 17.4 Å². The van der Waals surface area contributed by atoms with Gasteiger partial charge >= 0.3 is 0 Å². The van der Waals surface area contributed by atoms with Crippen LogP contribution in [0.4, 0.5) is 5.69 Å². The highest BCUT2D eigenvalue weighted by molar-refractivity contribution is 6.09. The molecular formula is C19H15N3O3. The van der Waals surface area contributed by atoms with Crippen LogP contribution in [0.15, 0.2) is 53.3 Å². The topological polar surface area (TPSA) is 95.1 Å². The van der Waals surface area contributed by atoms with Gasteiger partial charge < -0.3 is 15.0 Å². The summed E-state index contributed by atoms with van der Waals surface area (Å²) in [6, 6.07) is 15.1. The van der Waals surface area contributed by atoms with E-state index in [0.29, 0.717) is 17.4 Å². The van der Waals surface area contributed by atoms with Gasteiger partial charge in [-0.3, -0.25) is 9.59 Å². The molecule has 0 fully saturated rings. The highest BCUT2D eigenvalue weighted by Crippen LogP contribution is 2.24. The van der Waals surface area contributed by atoms with Crippen LogP contribution in [-0.2, 0) is 6.54 Å². The van der Waals surface area contributed by atoms with Gasteiger partial charge in [0.25, 0.3) is 11.5 Å². The van der Waals surface area contributed by atoms with Gasteiger partial charge in [-0.1, -0.05) is 30.3 Å². The SMILES string of the molecule is CCn1c(=O)c(C(=O)Nc2ccccc2O)c(C#N)c2ccccc21. The number of rotatable bonds is 3. The van der Waals surface area contributed by atoms with Crippen molar-refractivity contribution >= 4 is 22.5 Å². The molecule has 2 aromatic carbocycles. The zero-order chi connectivity index (χ0) is 18.0. The van der Waals surface area contributed by atoms with E-state index in [4.69, 9.17) is 0 Å². The Labute approximate surface area is 143 Å². The van der Waals surface area contributed by atoms with Gasteiger partial charge in [0, 0.05) is 11.9 Å². The summed E-state index contributed by atoms with van der Waals surface area (Å²) in [5.74, 6) is -0.845. The Morgan fingerprint density at radius 3 is 2.56 bits per heavy atom. The number of aromatic nitrogens is 1. The number of para-hydroxylation sites is 3. The summed E-state index contributed by atoms with van der Waals surface area (Å²) >= 11 is 0. The van der Waals surface area contributed by atoms with Crippen LogP contribution in [0.25, 0.3) is 10.9 Å². The second-order valence-electron chi connectivity index (χ2n) is 5.40. The van der Waals surface area contributed by atoms with Crippen molar-refractivity contribution in [3.63, 3.8) is 0 Å². The normalized spacial score (nSPS) is 10.4. The number of fused-ring (bicyclic) bond motifs is 1. The molecule has 1 aromatic heterocycles. The third-order valence-corrected chi connectivity index (χ3v) is 3.98. The smallest absolute Gasteiger partial charge is 0.265 e. The van der Waals surface area contributed by atoms with Crippen molar-refractivity contribution in [1.82, 2.24) is 4.57 Å². The molecule has 0 spiro atoms. The molecule has 1 amide bonds. The summed E-state index contributed by atoms with van der Waals surface area (Å²) in [7, 11) is 0. The van der Waals surface area contributed by atoms with Crippen molar-refractivity contribution in [2.24, 2.45) is 0 Å². The molecule has 3 rings (SSSR count). The molecule has 0 bridgehead atoms. The second-order valence-corrected chi connectivity index (χ2v) is 5.40. The van der Waals surface area contributed by atoms with E-state index in [1.165, 1.54) is 16.7 Å². The summed E-state index contributed by atoms with van der Waals surface area (Å²) in [6.45, 7) is 2.16. The standard InChI is InChI=1S/C19H15N3O3/c1-2-22-15-9-5-3-7-12(15)13(11-20)17(19(22)25)18(24)21-14-8-4-6-10-16(14)23/h3-10,23H,2H2,1H3,(H,21,24). The summed E-state index contributed by atoms with van der Waals surface area (Å²) in [5.41, 5.74) is 0.0350. The van der Waals surface area contributed by atoms with Crippen LogP contribution >= 0.6 is 0 Å². The molecule has 124 valence electrons. The molecule has 3 aromatic rings. The number of pyridine rings is 1. The molecule has 0 aliphatic heterocycles. The Balaban J connectivity index is 2.24. The maximum Gasteiger partial charge on any atom is 0.265 e. The first kappa shape index (κ1) is 16.3. The Kier molecular flexibility index (Phi) is 4.23. The van der Waals surface area contributed by atoms with Gasteiger partial charge in [0.05, 0.1) is 16.8 Å². The summed E-state index contributed by atoms with van der Waals surface area (Å²) < 4.78 is 1.45. The molecule has 0 aliphatic rings. The van der Waals surface area contributed by atoms with E-state index in [1.807, 2.05) is 6.07 Å².